The first kappa shape index (κ1) is 25.0. The van der Waals surface area contributed by atoms with Gasteiger partial charge in [-0.05, 0) is 54.7 Å². The lowest BCUT2D eigenvalue weighted by atomic mass is 9.87. The van der Waals surface area contributed by atoms with Crippen LogP contribution in [0.2, 0.25) is 5.02 Å². The first-order chi connectivity index (χ1) is 14.3. The average Bonchev–Trinajstić information content (AvgIpc) is 2.66. The molecule has 1 atom stereocenters. The normalized spacial score (nSPS) is 12.9. The van der Waals surface area contributed by atoms with Gasteiger partial charge in [0, 0.05) is 5.02 Å². The molecule has 0 saturated heterocycles. The average molecular weight is 467 g/mol. The molecule has 0 fully saturated rings. The summed E-state index contributed by atoms with van der Waals surface area (Å²) < 4.78 is 31.6. The Morgan fingerprint density at radius 1 is 1.16 bits per heavy atom. The van der Waals surface area contributed by atoms with Gasteiger partial charge in [-0.15, -0.1) is 0 Å². The minimum Gasteiger partial charge on any atom is -0.492 e. The molecule has 170 valence electrons. The van der Waals surface area contributed by atoms with Gasteiger partial charge in [-0.3, -0.25) is 9.10 Å². The summed E-state index contributed by atoms with van der Waals surface area (Å²) in [7, 11) is -3.71. The molecule has 1 N–H and O–H groups in total. The van der Waals surface area contributed by atoms with Crippen LogP contribution in [0.3, 0.4) is 0 Å². The highest BCUT2D eigenvalue weighted by molar-refractivity contribution is 7.92. The van der Waals surface area contributed by atoms with Gasteiger partial charge in [0.2, 0.25) is 15.9 Å². The van der Waals surface area contributed by atoms with Crippen molar-refractivity contribution >= 4 is 33.2 Å². The van der Waals surface area contributed by atoms with Crippen LogP contribution in [0.4, 0.5) is 5.69 Å². The van der Waals surface area contributed by atoms with Crippen LogP contribution in [0.1, 0.15) is 38.8 Å². The van der Waals surface area contributed by atoms with Gasteiger partial charge in [0.05, 0.1) is 18.5 Å². The number of ether oxygens (including phenoxy) is 1. The fourth-order valence-corrected chi connectivity index (χ4v) is 4.53. The number of hydrogen-bond donors (Lipinski definition) is 1. The maximum Gasteiger partial charge on any atom is 0.243 e. The Balaban J connectivity index is 1.99. The van der Waals surface area contributed by atoms with Crippen LogP contribution in [0.15, 0.2) is 42.5 Å². The second-order valence-electron chi connectivity index (χ2n) is 8.58. The van der Waals surface area contributed by atoms with Gasteiger partial charge in [-0.1, -0.05) is 50.6 Å². The minimum atomic E-state index is -3.71. The molecule has 2 aromatic rings. The zero-order valence-electron chi connectivity index (χ0n) is 18.9. The van der Waals surface area contributed by atoms with Gasteiger partial charge >= 0.3 is 0 Å². The molecule has 1 unspecified atom stereocenters. The number of amides is 1. The van der Waals surface area contributed by atoms with Crippen molar-refractivity contribution in [3.8, 4) is 5.75 Å². The maximum atomic E-state index is 12.7. The van der Waals surface area contributed by atoms with Crippen LogP contribution in [0, 0.1) is 6.92 Å². The van der Waals surface area contributed by atoms with Crippen LogP contribution in [-0.2, 0) is 20.2 Å². The van der Waals surface area contributed by atoms with Gasteiger partial charge < -0.3 is 10.1 Å². The number of anilines is 1. The number of sulfonamides is 1. The van der Waals surface area contributed by atoms with E-state index < -0.39 is 22.0 Å². The molecular weight excluding hydrogens is 436 g/mol. The molecule has 0 aliphatic rings. The van der Waals surface area contributed by atoms with Crippen molar-refractivity contribution in [2.75, 3.05) is 23.7 Å². The lowest BCUT2D eigenvalue weighted by molar-refractivity contribution is -0.121. The zero-order valence-corrected chi connectivity index (χ0v) is 20.5. The Bertz CT molecular complexity index is 1010. The van der Waals surface area contributed by atoms with Crippen molar-refractivity contribution < 1.29 is 17.9 Å². The summed E-state index contributed by atoms with van der Waals surface area (Å²) in [5.41, 5.74) is 2.36. The molecule has 0 heterocycles. The largest absolute Gasteiger partial charge is 0.492 e. The van der Waals surface area contributed by atoms with E-state index in [0.29, 0.717) is 22.0 Å². The highest BCUT2D eigenvalue weighted by Crippen LogP contribution is 2.28. The molecule has 0 radical (unpaired) electrons. The van der Waals surface area contributed by atoms with E-state index in [0.717, 1.165) is 10.6 Å². The third kappa shape index (κ3) is 6.87. The van der Waals surface area contributed by atoms with E-state index in [4.69, 9.17) is 16.3 Å². The quantitative estimate of drug-likeness (QED) is 0.588. The molecule has 0 saturated carbocycles. The summed E-state index contributed by atoms with van der Waals surface area (Å²) in [5, 5.41) is 3.14. The Morgan fingerprint density at radius 3 is 2.32 bits per heavy atom. The molecule has 6 nitrogen and oxygen atoms in total. The number of nitrogens with one attached hydrogen (secondary N) is 1. The summed E-state index contributed by atoms with van der Waals surface area (Å²) in [4.78, 5) is 12.7. The van der Waals surface area contributed by atoms with Crippen LogP contribution < -0.4 is 14.4 Å². The molecule has 0 aliphatic heterocycles. The molecule has 0 spiro atoms. The monoisotopic (exact) mass is 466 g/mol. The van der Waals surface area contributed by atoms with Gasteiger partial charge in [-0.25, -0.2) is 8.42 Å². The predicted octanol–water partition coefficient (Wildman–Crippen LogP) is 4.30. The number of carbonyl (C=O) groups excluding carboxylic acids is 1. The number of carbonyl (C=O) groups is 1. The molecule has 2 rings (SSSR count). The standard InChI is InChI=1S/C23H31ClN2O4S/c1-16-7-10-19(24)15-21(16)26(31(6,28)29)17(2)22(27)25-13-14-30-20-11-8-18(9-12-20)23(3,4)5/h7-12,15,17H,13-14H2,1-6H3,(H,25,27). The summed E-state index contributed by atoms with van der Waals surface area (Å²) >= 11 is 6.05. The van der Waals surface area contributed by atoms with E-state index in [1.54, 1.807) is 32.0 Å². The Hall–Kier alpha value is -2.25. The molecule has 0 aromatic heterocycles. The predicted molar refractivity (Wildman–Crippen MR) is 127 cm³/mol. The summed E-state index contributed by atoms with van der Waals surface area (Å²) in [6.45, 7) is 10.3. The van der Waals surface area contributed by atoms with Gasteiger partial charge in [-0.2, -0.15) is 0 Å². The van der Waals surface area contributed by atoms with E-state index in [1.165, 1.54) is 5.56 Å². The van der Waals surface area contributed by atoms with Crippen molar-refractivity contribution in [2.45, 2.75) is 46.1 Å². The fraction of sp³-hybridized carbons (Fsp3) is 0.435. The summed E-state index contributed by atoms with van der Waals surface area (Å²) in [6.07, 6.45) is 1.07. The number of benzene rings is 2. The van der Waals surface area contributed by atoms with E-state index in [1.807, 2.05) is 24.3 Å². The zero-order chi connectivity index (χ0) is 23.4. The van der Waals surface area contributed by atoms with Crippen LogP contribution >= 0.6 is 11.6 Å². The first-order valence-corrected chi connectivity index (χ1v) is 12.3. The van der Waals surface area contributed by atoms with E-state index >= 15 is 0 Å². The van der Waals surface area contributed by atoms with Crippen LogP contribution in [-0.4, -0.2) is 39.8 Å². The molecule has 31 heavy (non-hydrogen) atoms. The topological polar surface area (TPSA) is 75.7 Å². The Labute approximate surface area is 190 Å². The van der Waals surface area contributed by atoms with Crippen molar-refractivity contribution in [3.05, 3.63) is 58.6 Å². The minimum absolute atomic E-state index is 0.0649. The lowest BCUT2D eigenvalue weighted by Crippen LogP contribution is -2.48. The van der Waals surface area contributed by atoms with Gasteiger partial charge in [0.25, 0.3) is 0 Å². The summed E-state index contributed by atoms with van der Waals surface area (Å²) in [6, 6.07) is 11.8. The summed E-state index contributed by atoms with van der Waals surface area (Å²) in [5.74, 6) is 0.291. The second kappa shape index (κ2) is 9.92. The number of hydrogen-bond acceptors (Lipinski definition) is 4. The molecular formula is C23H31ClN2O4S. The molecule has 0 aliphatic carbocycles. The lowest BCUT2D eigenvalue weighted by Gasteiger charge is -2.29. The number of nitrogens with zero attached hydrogens (tertiary/aromatic N) is 1. The van der Waals surface area contributed by atoms with Gasteiger partial charge in [0.15, 0.2) is 0 Å². The molecule has 2 aromatic carbocycles. The number of halogens is 1. The van der Waals surface area contributed by atoms with E-state index in [-0.39, 0.29) is 18.6 Å². The molecule has 8 heteroatoms. The fourth-order valence-electron chi connectivity index (χ4n) is 3.14. The van der Waals surface area contributed by atoms with Crippen molar-refractivity contribution in [3.63, 3.8) is 0 Å². The van der Waals surface area contributed by atoms with Gasteiger partial charge in [0.1, 0.15) is 18.4 Å². The van der Waals surface area contributed by atoms with E-state index in [2.05, 4.69) is 26.1 Å². The van der Waals surface area contributed by atoms with Crippen molar-refractivity contribution in [1.29, 1.82) is 0 Å². The number of aryl methyl sites for hydroxylation is 1. The van der Waals surface area contributed by atoms with E-state index in [9.17, 15) is 13.2 Å². The highest BCUT2D eigenvalue weighted by atomic mass is 35.5. The maximum absolute atomic E-state index is 12.7. The molecule has 0 bridgehead atoms. The second-order valence-corrected chi connectivity index (χ2v) is 10.9. The van der Waals surface area contributed by atoms with Crippen LogP contribution in [0.5, 0.6) is 5.75 Å². The molecule has 1 amide bonds. The first-order valence-electron chi connectivity index (χ1n) is 10.1. The smallest absolute Gasteiger partial charge is 0.243 e. The third-order valence-corrected chi connectivity index (χ3v) is 6.35. The van der Waals surface area contributed by atoms with Crippen molar-refractivity contribution in [2.24, 2.45) is 0 Å². The van der Waals surface area contributed by atoms with Crippen molar-refractivity contribution in [1.82, 2.24) is 5.32 Å². The number of rotatable bonds is 8. The SMILES string of the molecule is Cc1ccc(Cl)cc1N(C(C)C(=O)NCCOc1ccc(C(C)(C)C)cc1)S(C)(=O)=O. The van der Waals surface area contributed by atoms with Crippen LogP contribution in [0.25, 0.3) is 0 Å². The Morgan fingerprint density at radius 2 is 1.77 bits per heavy atom. The Kier molecular flexibility index (Phi) is 8.00. The highest BCUT2D eigenvalue weighted by Gasteiger charge is 2.30. The third-order valence-electron chi connectivity index (χ3n) is 4.89.